The van der Waals surface area contributed by atoms with Gasteiger partial charge in [-0.1, -0.05) is 59.6 Å². The van der Waals surface area contributed by atoms with Gasteiger partial charge in [0.15, 0.2) is 5.78 Å². The van der Waals surface area contributed by atoms with Crippen molar-refractivity contribution in [1.29, 1.82) is 0 Å². The van der Waals surface area contributed by atoms with E-state index in [1.807, 2.05) is 55.5 Å². The van der Waals surface area contributed by atoms with Crippen molar-refractivity contribution in [3.05, 3.63) is 70.2 Å². The summed E-state index contributed by atoms with van der Waals surface area (Å²) in [7, 11) is 0. The van der Waals surface area contributed by atoms with Crippen LogP contribution < -0.4 is 0 Å². The third-order valence-corrected chi connectivity index (χ3v) is 4.95. The van der Waals surface area contributed by atoms with Crippen LogP contribution in [0.3, 0.4) is 0 Å². The quantitative estimate of drug-likeness (QED) is 0.739. The fraction of sp³-hybridized carbons (Fsp3) is 0.333. The van der Waals surface area contributed by atoms with E-state index in [2.05, 4.69) is 0 Å². The molecule has 1 aliphatic rings. The number of carbonyl (C=O) groups excluding carboxylic acids is 2. The molecule has 1 fully saturated rings. The van der Waals surface area contributed by atoms with E-state index in [0.29, 0.717) is 30.3 Å². The maximum absolute atomic E-state index is 12.5. The lowest BCUT2D eigenvalue weighted by atomic mass is 10.0. The van der Waals surface area contributed by atoms with E-state index in [1.165, 1.54) is 0 Å². The molecule has 1 amide bonds. The van der Waals surface area contributed by atoms with Crippen molar-refractivity contribution >= 4 is 23.3 Å². The Bertz CT molecular complexity index is 788. The van der Waals surface area contributed by atoms with Gasteiger partial charge in [-0.25, -0.2) is 0 Å². The van der Waals surface area contributed by atoms with Crippen molar-refractivity contribution in [1.82, 2.24) is 4.90 Å². The van der Waals surface area contributed by atoms with E-state index in [4.69, 9.17) is 16.3 Å². The largest absolute Gasteiger partial charge is 0.370 e. The third kappa shape index (κ3) is 4.51. The molecule has 1 atom stereocenters. The van der Waals surface area contributed by atoms with Crippen LogP contribution in [0, 0.1) is 6.92 Å². The second-order valence-corrected chi connectivity index (χ2v) is 6.92. The number of hydrogen-bond donors (Lipinski definition) is 0. The molecule has 0 radical (unpaired) electrons. The number of carbonyl (C=O) groups is 2. The van der Waals surface area contributed by atoms with Crippen molar-refractivity contribution in [3.63, 3.8) is 0 Å². The molecule has 5 heteroatoms. The van der Waals surface area contributed by atoms with Gasteiger partial charge in [-0.2, -0.15) is 0 Å². The Morgan fingerprint density at radius 2 is 1.85 bits per heavy atom. The third-order valence-electron chi connectivity index (χ3n) is 4.61. The van der Waals surface area contributed by atoms with Crippen molar-refractivity contribution in [3.8, 4) is 0 Å². The number of hydrogen-bond acceptors (Lipinski definition) is 3. The molecule has 1 heterocycles. The molecule has 26 heavy (non-hydrogen) atoms. The topological polar surface area (TPSA) is 46.6 Å². The van der Waals surface area contributed by atoms with Gasteiger partial charge in [0.2, 0.25) is 5.91 Å². The Morgan fingerprint density at radius 1 is 1.12 bits per heavy atom. The molecule has 4 nitrogen and oxygen atoms in total. The molecule has 0 spiro atoms. The fourth-order valence-electron chi connectivity index (χ4n) is 3.06. The normalized spacial score (nSPS) is 17.2. The van der Waals surface area contributed by atoms with E-state index >= 15 is 0 Å². The van der Waals surface area contributed by atoms with E-state index in [1.54, 1.807) is 4.90 Å². The number of amides is 1. The van der Waals surface area contributed by atoms with Crippen LogP contribution in [0.1, 0.15) is 40.4 Å². The number of ketones is 1. The van der Waals surface area contributed by atoms with Gasteiger partial charge in [0, 0.05) is 35.5 Å². The number of Topliss-reactive ketones (excluding diaryl/α,β-unsaturated/α-hetero) is 1. The zero-order chi connectivity index (χ0) is 18.5. The van der Waals surface area contributed by atoms with Crippen LogP contribution in [0.25, 0.3) is 0 Å². The van der Waals surface area contributed by atoms with Crippen LogP contribution in [0.15, 0.2) is 48.5 Å². The second-order valence-electron chi connectivity index (χ2n) is 6.51. The van der Waals surface area contributed by atoms with Gasteiger partial charge in [0.05, 0.1) is 13.2 Å². The molecule has 0 aliphatic carbocycles. The van der Waals surface area contributed by atoms with Crippen molar-refractivity contribution in [2.45, 2.75) is 25.9 Å². The molecule has 1 saturated heterocycles. The molecular weight excluding hydrogens is 350 g/mol. The highest BCUT2D eigenvalue weighted by Gasteiger charge is 2.26. The highest BCUT2D eigenvalue weighted by Crippen LogP contribution is 2.28. The predicted molar refractivity (Wildman–Crippen MR) is 101 cm³/mol. The standard InChI is InChI=1S/C21H22ClNO3/c1-15-6-8-16(9-7-15)19(24)10-11-21(25)23-12-13-26-20(14-23)17-4-2-3-5-18(17)22/h2-9,20H,10-14H2,1H3. The summed E-state index contributed by atoms with van der Waals surface area (Å²) in [5, 5.41) is 0.640. The smallest absolute Gasteiger partial charge is 0.223 e. The lowest BCUT2D eigenvalue weighted by molar-refractivity contribution is -0.139. The number of nitrogens with zero attached hydrogens (tertiary/aromatic N) is 1. The minimum absolute atomic E-state index is 0.00531. The Kier molecular flexibility index (Phi) is 6.07. The molecule has 0 bridgehead atoms. The maximum atomic E-state index is 12.5. The molecule has 2 aromatic rings. The fourth-order valence-corrected chi connectivity index (χ4v) is 3.32. The lowest BCUT2D eigenvalue weighted by Crippen LogP contribution is -2.42. The first-order valence-electron chi connectivity index (χ1n) is 8.78. The summed E-state index contributed by atoms with van der Waals surface area (Å²) in [6.07, 6.45) is 0.201. The minimum Gasteiger partial charge on any atom is -0.370 e. The molecule has 0 aromatic heterocycles. The van der Waals surface area contributed by atoms with E-state index in [0.717, 1.165) is 11.1 Å². The Labute approximate surface area is 158 Å². The van der Waals surface area contributed by atoms with Gasteiger partial charge in [-0.3, -0.25) is 9.59 Å². The van der Waals surface area contributed by atoms with E-state index in [9.17, 15) is 9.59 Å². The zero-order valence-electron chi connectivity index (χ0n) is 14.8. The van der Waals surface area contributed by atoms with Gasteiger partial charge in [0.25, 0.3) is 0 Å². The molecule has 1 aliphatic heterocycles. The van der Waals surface area contributed by atoms with Gasteiger partial charge < -0.3 is 9.64 Å². The van der Waals surface area contributed by atoms with Crippen molar-refractivity contribution in [2.75, 3.05) is 19.7 Å². The maximum Gasteiger partial charge on any atom is 0.223 e. The van der Waals surface area contributed by atoms with Crippen LogP contribution in [0.5, 0.6) is 0 Å². The van der Waals surface area contributed by atoms with E-state index < -0.39 is 0 Å². The molecule has 3 rings (SSSR count). The molecular formula is C21H22ClNO3. The molecule has 136 valence electrons. The highest BCUT2D eigenvalue weighted by molar-refractivity contribution is 6.31. The number of benzene rings is 2. The molecule has 0 N–H and O–H groups in total. The number of halogens is 1. The van der Waals surface area contributed by atoms with Gasteiger partial charge in [0.1, 0.15) is 6.10 Å². The zero-order valence-corrected chi connectivity index (χ0v) is 15.5. The summed E-state index contributed by atoms with van der Waals surface area (Å²) in [5.74, 6) is -0.0277. The first kappa shape index (κ1) is 18.6. The summed E-state index contributed by atoms with van der Waals surface area (Å²) in [6, 6.07) is 15.0. The number of rotatable bonds is 5. The van der Waals surface area contributed by atoms with Gasteiger partial charge in [-0.05, 0) is 13.0 Å². The van der Waals surface area contributed by atoms with Gasteiger partial charge >= 0.3 is 0 Å². The van der Waals surface area contributed by atoms with Crippen LogP contribution >= 0.6 is 11.6 Å². The van der Waals surface area contributed by atoms with Crippen LogP contribution in [0.2, 0.25) is 5.02 Å². The monoisotopic (exact) mass is 371 g/mol. The Balaban J connectivity index is 1.57. The average molecular weight is 372 g/mol. The van der Waals surface area contributed by atoms with Crippen LogP contribution in [-0.4, -0.2) is 36.3 Å². The summed E-state index contributed by atoms with van der Waals surface area (Å²) < 4.78 is 5.79. The average Bonchev–Trinajstić information content (AvgIpc) is 2.67. The molecule has 0 saturated carbocycles. The van der Waals surface area contributed by atoms with Crippen LogP contribution in [-0.2, 0) is 9.53 Å². The summed E-state index contributed by atoms with van der Waals surface area (Å²) in [5.41, 5.74) is 2.65. The van der Waals surface area contributed by atoms with Gasteiger partial charge in [-0.15, -0.1) is 0 Å². The molecule has 2 aromatic carbocycles. The molecule has 1 unspecified atom stereocenters. The number of morpholine rings is 1. The summed E-state index contributed by atoms with van der Waals surface area (Å²) in [6.45, 7) is 3.44. The predicted octanol–water partition coefficient (Wildman–Crippen LogP) is 4.21. The SMILES string of the molecule is Cc1ccc(C(=O)CCC(=O)N2CCOC(c3ccccc3Cl)C2)cc1. The second kappa shape index (κ2) is 8.47. The first-order valence-corrected chi connectivity index (χ1v) is 9.16. The Morgan fingerprint density at radius 3 is 2.58 bits per heavy atom. The lowest BCUT2D eigenvalue weighted by Gasteiger charge is -2.33. The highest BCUT2D eigenvalue weighted by atomic mass is 35.5. The van der Waals surface area contributed by atoms with Crippen molar-refractivity contribution in [2.24, 2.45) is 0 Å². The summed E-state index contributed by atoms with van der Waals surface area (Å²) >= 11 is 6.24. The van der Waals surface area contributed by atoms with Crippen LogP contribution in [0.4, 0.5) is 0 Å². The number of ether oxygens (including phenoxy) is 1. The summed E-state index contributed by atoms with van der Waals surface area (Å²) in [4.78, 5) is 26.6. The van der Waals surface area contributed by atoms with Crippen molar-refractivity contribution < 1.29 is 14.3 Å². The number of aryl methyl sites for hydroxylation is 1. The Hall–Kier alpha value is -2.17. The first-order chi connectivity index (χ1) is 12.5. The minimum atomic E-state index is -0.228. The van der Waals surface area contributed by atoms with E-state index in [-0.39, 0.29) is 30.6 Å².